The monoisotopic (exact) mass is 309 g/mol. The average molecular weight is 309 g/mol. The van der Waals surface area contributed by atoms with Gasteiger partial charge >= 0.3 is 5.97 Å². The van der Waals surface area contributed by atoms with Crippen LogP contribution < -0.4 is 4.72 Å². The summed E-state index contributed by atoms with van der Waals surface area (Å²) in [6.07, 6.45) is 1.49. The van der Waals surface area contributed by atoms with Gasteiger partial charge in [-0.1, -0.05) is 0 Å². The Morgan fingerprint density at radius 1 is 1.33 bits per heavy atom. The van der Waals surface area contributed by atoms with E-state index in [2.05, 4.69) is 14.7 Å². The van der Waals surface area contributed by atoms with E-state index < -0.39 is 16.0 Å². The summed E-state index contributed by atoms with van der Waals surface area (Å²) in [5.41, 5.74) is 1.16. The molecule has 0 saturated carbocycles. The second-order valence-electron chi connectivity index (χ2n) is 4.71. The van der Waals surface area contributed by atoms with Gasteiger partial charge in [-0.25, -0.2) is 18.2 Å². The number of aromatic carboxylic acids is 1. The molecule has 21 heavy (non-hydrogen) atoms. The predicted octanol–water partition coefficient (Wildman–Crippen LogP) is 1.83. The molecule has 0 radical (unpaired) electrons. The largest absolute Gasteiger partial charge is 0.477 e. The fourth-order valence-electron chi connectivity index (χ4n) is 2.13. The number of hydrogen-bond donors (Lipinski definition) is 3. The number of carboxylic acid groups (broad SMARTS) is 1. The summed E-state index contributed by atoms with van der Waals surface area (Å²) < 4.78 is 27.2. The molecule has 0 spiro atoms. The minimum atomic E-state index is -3.91. The molecule has 2 aromatic heterocycles. The molecule has 0 aliphatic carbocycles. The van der Waals surface area contributed by atoms with Crippen LogP contribution in [0.1, 0.15) is 27.3 Å². The highest BCUT2D eigenvalue weighted by atomic mass is 32.2. The highest BCUT2D eigenvalue weighted by molar-refractivity contribution is 7.92. The van der Waals surface area contributed by atoms with E-state index in [1.165, 1.54) is 20.0 Å². The third-order valence-corrected chi connectivity index (χ3v) is 4.63. The maximum Gasteiger partial charge on any atom is 0.352 e. The number of carbonyl (C=O) groups is 1. The van der Waals surface area contributed by atoms with Gasteiger partial charge in [-0.15, -0.1) is 0 Å². The number of nitrogens with zero attached hydrogens (tertiary/aromatic N) is 1. The fourth-order valence-corrected chi connectivity index (χ4v) is 3.58. The first-order valence-electron chi connectivity index (χ1n) is 6.10. The number of anilines is 1. The molecule has 0 fully saturated rings. The molecule has 8 heteroatoms. The van der Waals surface area contributed by atoms with Gasteiger partial charge < -0.3 is 10.1 Å². The van der Waals surface area contributed by atoms with E-state index in [0.29, 0.717) is 0 Å². The summed E-state index contributed by atoms with van der Waals surface area (Å²) in [4.78, 5) is 17.5. The van der Waals surface area contributed by atoms with Crippen LogP contribution in [0.3, 0.4) is 0 Å². The van der Waals surface area contributed by atoms with Crippen molar-refractivity contribution >= 4 is 21.8 Å². The first-order valence-corrected chi connectivity index (χ1v) is 7.58. The fraction of sp³-hybridized carbons (Fsp3) is 0.231. The van der Waals surface area contributed by atoms with Crippen molar-refractivity contribution in [3.8, 4) is 0 Å². The number of nitrogens with one attached hydrogen (secondary N) is 2. The summed E-state index contributed by atoms with van der Waals surface area (Å²) in [5.74, 6) is -1.02. The van der Waals surface area contributed by atoms with Crippen LogP contribution in [0.2, 0.25) is 0 Å². The Morgan fingerprint density at radius 3 is 2.52 bits per heavy atom. The van der Waals surface area contributed by atoms with Gasteiger partial charge in [0.25, 0.3) is 10.0 Å². The topological polar surface area (TPSA) is 112 Å². The van der Waals surface area contributed by atoms with Crippen LogP contribution in [0.4, 0.5) is 5.82 Å². The molecule has 0 atom stereocenters. The van der Waals surface area contributed by atoms with Crippen molar-refractivity contribution in [2.75, 3.05) is 4.72 Å². The molecule has 0 aliphatic rings. The third kappa shape index (κ3) is 2.89. The highest BCUT2D eigenvalue weighted by Crippen LogP contribution is 2.25. The minimum Gasteiger partial charge on any atom is -0.477 e. The van der Waals surface area contributed by atoms with E-state index >= 15 is 0 Å². The van der Waals surface area contributed by atoms with Gasteiger partial charge in [-0.3, -0.25) is 4.72 Å². The zero-order valence-corrected chi connectivity index (χ0v) is 12.6. The van der Waals surface area contributed by atoms with E-state index in [1.54, 1.807) is 12.1 Å². The van der Waals surface area contributed by atoms with Crippen LogP contribution in [0.15, 0.2) is 23.2 Å². The standard InChI is InChI=1S/C13H15N3O4S/c1-7-4-5-14-10(6-7)16-21(19,20)12-8(2)11(13(17)18)15-9(12)3/h4-6,15H,1-3H3,(H,14,16)(H,17,18). The van der Waals surface area contributed by atoms with Gasteiger partial charge in [-0.2, -0.15) is 0 Å². The SMILES string of the molecule is Cc1ccnc(NS(=O)(=O)c2c(C)[nH]c(C(=O)O)c2C)c1. The summed E-state index contributed by atoms with van der Waals surface area (Å²) in [5, 5.41) is 9.04. The molecule has 3 N–H and O–H groups in total. The van der Waals surface area contributed by atoms with Crippen LogP contribution in [0.25, 0.3) is 0 Å². The maximum absolute atomic E-state index is 12.4. The van der Waals surface area contributed by atoms with Crippen LogP contribution in [-0.4, -0.2) is 29.5 Å². The van der Waals surface area contributed by atoms with Gasteiger partial charge in [0.1, 0.15) is 16.4 Å². The van der Waals surface area contributed by atoms with Crippen molar-refractivity contribution in [1.29, 1.82) is 0 Å². The molecule has 0 amide bonds. The predicted molar refractivity (Wildman–Crippen MR) is 77.0 cm³/mol. The molecule has 2 aromatic rings. The Kier molecular flexibility index (Phi) is 3.73. The molecule has 0 bridgehead atoms. The van der Waals surface area contributed by atoms with Crippen molar-refractivity contribution in [1.82, 2.24) is 9.97 Å². The molecule has 2 rings (SSSR count). The maximum atomic E-state index is 12.4. The molecule has 7 nitrogen and oxygen atoms in total. The number of H-pyrrole nitrogens is 1. The zero-order chi connectivity index (χ0) is 15.8. The number of rotatable bonds is 4. The Labute approximate surface area is 122 Å². The number of sulfonamides is 1. The molecule has 0 unspecified atom stereocenters. The molecule has 0 aliphatic heterocycles. The van der Waals surface area contributed by atoms with Gasteiger partial charge in [0.05, 0.1) is 0 Å². The summed E-state index contributed by atoms with van der Waals surface area (Å²) >= 11 is 0. The minimum absolute atomic E-state index is 0.0665. The number of carboxylic acids is 1. The Morgan fingerprint density at radius 2 is 2.00 bits per heavy atom. The lowest BCUT2D eigenvalue weighted by molar-refractivity contribution is 0.0690. The van der Waals surface area contributed by atoms with Crippen LogP contribution in [0.5, 0.6) is 0 Å². The van der Waals surface area contributed by atoms with E-state index in [0.717, 1.165) is 5.56 Å². The van der Waals surface area contributed by atoms with Gasteiger partial charge in [-0.05, 0) is 38.5 Å². The molecule has 0 saturated heterocycles. The Hall–Kier alpha value is -2.35. The lowest BCUT2D eigenvalue weighted by atomic mass is 10.2. The van der Waals surface area contributed by atoms with Gasteiger partial charge in [0, 0.05) is 17.5 Å². The number of pyridine rings is 1. The van der Waals surface area contributed by atoms with Crippen molar-refractivity contribution in [2.45, 2.75) is 25.7 Å². The second kappa shape index (κ2) is 5.21. The number of hydrogen-bond acceptors (Lipinski definition) is 4. The van der Waals surface area contributed by atoms with E-state index in [9.17, 15) is 13.2 Å². The Balaban J connectivity index is 2.48. The van der Waals surface area contributed by atoms with Crippen LogP contribution >= 0.6 is 0 Å². The average Bonchev–Trinajstić information content (AvgIpc) is 2.64. The first kappa shape index (κ1) is 15.0. The molecule has 112 valence electrons. The smallest absolute Gasteiger partial charge is 0.352 e. The van der Waals surface area contributed by atoms with Crippen molar-refractivity contribution in [2.24, 2.45) is 0 Å². The first-order chi connectivity index (χ1) is 9.72. The molecular formula is C13H15N3O4S. The molecular weight excluding hydrogens is 294 g/mol. The third-order valence-electron chi connectivity index (χ3n) is 3.01. The van der Waals surface area contributed by atoms with E-state index in [-0.39, 0.29) is 27.7 Å². The lowest BCUT2D eigenvalue weighted by Gasteiger charge is -2.08. The van der Waals surface area contributed by atoms with Crippen molar-refractivity contribution in [3.05, 3.63) is 40.8 Å². The summed E-state index contributed by atoms with van der Waals surface area (Å²) in [7, 11) is -3.91. The van der Waals surface area contributed by atoms with Crippen molar-refractivity contribution in [3.63, 3.8) is 0 Å². The Bertz CT molecular complexity index is 809. The van der Waals surface area contributed by atoms with E-state index in [1.807, 2.05) is 6.92 Å². The number of aryl methyl sites for hydroxylation is 2. The second-order valence-corrected chi connectivity index (χ2v) is 6.33. The van der Waals surface area contributed by atoms with Crippen molar-refractivity contribution < 1.29 is 18.3 Å². The highest BCUT2D eigenvalue weighted by Gasteiger charge is 2.26. The van der Waals surface area contributed by atoms with Gasteiger partial charge in [0.2, 0.25) is 0 Å². The zero-order valence-electron chi connectivity index (χ0n) is 11.8. The number of aromatic nitrogens is 2. The number of aromatic amines is 1. The quantitative estimate of drug-likeness (QED) is 0.797. The summed E-state index contributed by atoms with van der Waals surface area (Å²) in [6, 6.07) is 3.33. The van der Waals surface area contributed by atoms with Gasteiger partial charge in [0.15, 0.2) is 0 Å². The molecule has 2 heterocycles. The lowest BCUT2D eigenvalue weighted by Crippen LogP contribution is -2.15. The van der Waals surface area contributed by atoms with Crippen LogP contribution in [-0.2, 0) is 10.0 Å². The normalized spacial score (nSPS) is 11.4. The molecule has 0 aromatic carbocycles. The van der Waals surface area contributed by atoms with E-state index in [4.69, 9.17) is 5.11 Å². The van der Waals surface area contributed by atoms with Crippen LogP contribution in [0, 0.1) is 20.8 Å². The summed E-state index contributed by atoms with van der Waals surface area (Å²) in [6.45, 7) is 4.78.